The highest BCUT2D eigenvalue weighted by atomic mass is 16.5. The van der Waals surface area contributed by atoms with Crippen LogP contribution < -0.4 is 5.73 Å². The molecule has 0 amide bonds. The molecule has 60 valence electrons. The molecule has 10 heavy (non-hydrogen) atoms. The van der Waals surface area contributed by atoms with Gasteiger partial charge in [0.1, 0.15) is 0 Å². The van der Waals surface area contributed by atoms with Gasteiger partial charge >= 0.3 is 0 Å². The Kier molecular flexibility index (Phi) is 6.55. The molecular weight excluding hydrogens is 126 g/mol. The van der Waals surface area contributed by atoms with Crippen LogP contribution in [0.25, 0.3) is 0 Å². The summed E-state index contributed by atoms with van der Waals surface area (Å²) >= 11 is 0. The van der Waals surface area contributed by atoms with Gasteiger partial charge in [0.15, 0.2) is 0 Å². The summed E-state index contributed by atoms with van der Waals surface area (Å²) in [7, 11) is 1.69. The summed E-state index contributed by atoms with van der Waals surface area (Å²) in [5.41, 5.74) is 5.72. The molecule has 0 aliphatic carbocycles. The molecule has 2 nitrogen and oxygen atoms in total. The highest BCUT2D eigenvalue weighted by Gasteiger charge is 1.98. The van der Waals surface area contributed by atoms with Crippen molar-refractivity contribution in [3.63, 3.8) is 0 Å². The first-order chi connectivity index (χ1) is 4.81. The maximum atomic E-state index is 5.72. The number of hydrogen-bond donors (Lipinski definition) is 1. The largest absolute Gasteiger partial charge is 0.385 e. The Hall–Kier alpha value is -0.340. The number of rotatable bonds is 6. The second kappa shape index (κ2) is 6.78. The van der Waals surface area contributed by atoms with Gasteiger partial charge in [-0.15, -0.1) is 6.58 Å². The second-order valence-electron chi connectivity index (χ2n) is 2.41. The minimum absolute atomic E-state index is 0.276. The summed E-state index contributed by atoms with van der Waals surface area (Å²) < 4.78 is 4.89. The maximum absolute atomic E-state index is 5.72. The zero-order valence-corrected chi connectivity index (χ0v) is 6.68. The van der Waals surface area contributed by atoms with Crippen LogP contribution in [0.4, 0.5) is 0 Å². The minimum Gasteiger partial charge on any atom is -0.385 e. The molecule has 0 aromatic rings. The predicted octanol–water partition coefficient (Wildman–Crippen LogP) is 1.32. The van der Waals surface area contributed by atoms with Crippen LogP contribution >= 0.6 is 0 Å². The highest BCUT2D eigenvalue weighted by Crippen LogP contribution is 1.98. The predicted molar refractivity (Wildman–Crippen MR) is 43.9 cm³/mol. The molecule has 0 aliphatic rings. The van der Waals surface area contributed by atoms with E-state index in [4.69, 9.17) is 10.5 Å². The summed E-state index contributed by atoms with van der Waals surface area (Å²) in [6, 6.07) is 0.276. The van der Waals surface area contributed by atoms with Crippen LogP contribution in [-0.4, -0.2) is 19.8 Å². The van der Waals surface area contributed by atoms with Crippen molar-refractivity contribution in [3.05, 3.63) is 12.7 Å². The molecule has 0 radical (unpaired) electrons. The standard InChI is InChI=1S/C8H17NO/c1-3-4-5-8(9)6-7-10-2/h3,8H,1,4-7,9H2,2H3. The smallest absolute Gasteiger partial charge is 0.0477 e. The average molecular weight is 143 g/mol. The quantitative estimate of drug-likeness (QED) is 0.569. The first kappa shape index (κ1) is 9.66. The third-order valence-corrected chi connectivity index (χ3v) is 1.43. The maximum Gasteiger partial charge on any atom is 0.0477 e. The molecule has 0 saturated heterocycles. The summed E-state index contributed by atoms with van der Waals surface area (Å²) in [5, 5.41) is 0. The van der Waals surface area contributed by atoms with Gasteiger partial charge in [-0.25, -0.2) is 0 Å². The first-order valence-electron chi connectivity index (χ1n) is 3.66. The van der Waals surface area contributed by atoms with Crippen LogP contribution in [0, 0.1) is 0 Å². The monoisotopic (exact) mass is 143 g/mol. The Morgan fingerprint density at radius 1 is 1.60 bits per heavy atom. The number of nitrogens with two attached hydrogens (primary N) is 1. The third kappa shape index (κ3) is 5.79. The van der Waals surface area contributed by atoms with Crippen LogP contribution in [0.2, 0.25) is 0 Å². The fraction of sp³-hybridized carbons (Fsp3) is 0.750. The summed E-state index contributed by atoms with van der Waals surface area (Å²) in [6.45, 7) is 4.39. The molecule has 0 aromatic carbocycles. The molecule has 0 saturated carbocycles. The highest BCUT2D eigenvalue weighted by molar-refractivity contribution is 4.71. The molecule has 0 fully saturated rings. The molecule has 0 spiro atoms. The summed E-state index contributed by atoms with van der Waals surface area (Å²) in [6.07, 6.45) is 4.87. The van der Waals surface area contributed by atoms with Gasteiger partial charge < -0.3 is 10.5 Å². The van der Waals surface area contributed by atoms with Crippen molar-refractivity contribution in [3.8, 4) is 0 Å². The molecule has 2 N–H and O–H groups in total. The molecular formula is C8H17NO. The van der Waals surface area contributed by atoms with Crippen molar-refractivity contribution in [2.24, 2.45) is 5.73 Å². The van der Waals surface area contributed by atoms with E-state index in [9.17, 15) is 0 Å². The van der Waals surface area contributed by atoms with Crippen LogP contribution in [0.3, 0.4) is 0 Å². The number of allylic oxidation sites excluding steroid dienone is 1. The minimum atomic E-state index is 0.276. The average Bonchev–Trinajstić information content (AvgIpc) is 1.97. The van der Waals surface area contributed by atoms with E-state index in [2.05, 4.69) is 6.58 Å². The lowest BCUT2D eigenvalue weighted by Gasteiger charge is -2.07. The van der Waals surface area contributed by atoms with Crippen LogP contribution in [0.15, 0.2) is 12.7 Å². The molecule has 0 bridgehead atoms. The van der Waals surface area contributed by atoms with E-state index in [0.29, 0.717) is 0 Å². The lowest BCUT2D eigenvalue weighted by Crippen LogP contribution is -2.21. The van der Waals surface area contributed by atoms with Gasteiger partial charge in [-0.3, -0.25) is 0 Å². The molecule has 1 atom stereocenters. The first-order valence-corrected chi connectivity index (χ1v) is 3.66. The fourth-order valence-electron chi connectivity index (χ4n) is 0.745. The number of methoxy groups -OCH3 is 1. The van der Waals surface area contributed by atoms with Gasteiger partial charge in [0, 0.05) is 19.8 Å². The van der Waals surface area contributed by atoms with Crippen molar-refractivity contribution in [2.75, 3.05) is 13.7 Å². The molecule has 0 aromatic heterocycles. The van der Waals surface area contributed by atoms with E-state index in [-0.39, 0.29) is 6.04 Å². The van der Waals surface area contributed by atoms with Gasteiger partial charge in [-0.2, -0.15) is 0 Å². The van der Waals surface area contributed by atoms with Gasteiger partial charge in [0.25, 0.3) is 0 Å². The van der Waals surface area contributed by atoms with E-state index < -0.39 is 0 Å². The number of hydrogen-bond acceptors (Lipinski definition) is 2. The molecule has 0 aliphatic heterocycles. The van der Waals surface area contributed by atoms with Crippen molar-refractivity contribution < 1.29 is 4.74 Å². The normalized spacial score (nSPS) is 13.0. The van der Waals surface area contributed by atoms with Gasteiger partial charge in [-0.05, 0) is 19.3 Å². The Balaban J connectivity index is 3.07. The van der Waals surface area contributed by atoms with Crippen molar-refractivity contribution in [1.82, 2.24) is 0 Å². The van der Waals surface area contributed by atoms with Crippen LogP contribution in [0.1, 0.15) is 19.3 Å². The van der Waals surface area contributed by atoms with Crippen molar-refractivity contribution >= 4 is 0 Å². The Morgan fingerprint density at radius 3 is 2.80 bits per heavy atom. The molecule has 2 heteroatoms. The van der Waals surface area contributed by atoms with E-state index in [1.165, 1.54) is 0 Å². The van der Waals surface area contributed by atoms with Gasteiger partial charge in [-0.1, -0.05) is 6.08 Å². The third-order valence-electron chi connectivity index (χ3n) is 1.43. The van der Waals surface area contributed by atoms with E-state index >= 15 is 0 Å². The van der Waals surface area contributed by atoms with Gasteiger partial charge in [0.05, 0.1) is 0 Å². The summed E-state index contributed by atoms with van der Waals surface area (Å²) in [4.78, 5) is 0. The topological polar surface area (TPSA) is 35.2 Å². The van der Waals surface area contributed by atoms with Crippen LogP contribution in [-0.2, 0) is 4.74 Å². The van der Waals surface area contributed by atoms with Crippen molar-refractivity contribution in [2.45, 2.75) is 25.3 Å². The zero-order chi connectivity index (χ0) is 7.82. The molecule has 1 unspecified atom stereocenters. The van der Waals surface area contributed by atoms with E-state index in [0.717, 1.165) is 25.9 Å². The van der Waals surface area contributed by atoms with Crippen LogP contribution in [0.5, 0.6) is 0 Å². The Bertz CT molecular complexity index is 83.3. The second-order valence-corrected chi connectivity index (χ2v) is 2.41. The van der Waals surface area contributed by atoms with E-state index in [1.54, 1.807) is 7.11 Å². The van der Waals surface area contributed by atoms with Gasteiger partial charge in [0.2, 0.25) is 0 Å². The Morgan fingerprint density at radius 2 is 2.30 bits per heavy atom. The SMILES string of the molecule is C=CCCC(N)CCOC. The fourth-order valence-corrected chi connectivity index (χ4v) is 0.745. The molecule has 0 heterocycles. The lowest BCUT2D eigenvalue weighted by molar-refractivity contribution is 0.187. The molecule has 0 rings (SSSR count). The zero-order valence-electron chi connectivity index (χ0n) is 6.68. The summed E-state index contributed by atoms with van der Waals surface area (Å²) in [5.74, 6) is 0. The Labute approximate surface area is 63.1 Å². The number of ether oxygens (including phenoxy) is 1. The van der Waals surface area contributed by atoms with Crippen molar-refractivity contribution in [1.29, 1.82) is 0 Å². The van der Waals surface area contributed by atoms with E-state index in [1.807, 2.05) is 6.08 Å². The lowest BCUT2D eigenvalue weighted by atomic mass is 10.1.